The summed E-state index contributed by atoms with van der Waals surface area (Å²) in [6.07, 6.45) is 23.2. The summed E-state index contributed by atoms with van der Waals surface area (Å²) in [5.41, 5.74) is 26.6. The Hall–Kier alpha value is -8.10. The molecule has 14 aliphatic rings. The van der Waals surface area contributed by atoms with Gasteiger partial charge in [0, 0.05) is 77.7 Å². The lowest BCUT2D eigenvalue weighted by molar-refractivity contribution is -0.213. The molecule has 528 valence electrons. The molecule has 7 aromatic rings. The van der Waals surface area contributed by atoms with Crippen molar-refractivity contribution in [1.82, 2.24) is 5.32 Å². The fourth-order valence-electron chi connectivity index (χ4n) is 23.6. The van der Waals surface area contributed by atoms with E-state index in [2.05, 4.69) is 164 Å². The van der Waals surface area contributed by atoms with Crippen LogP contribution in [0.15, 0.2) is 174 Å². The molecule has 21 atom stereocenters. The number of aromatic hydroxyl groups is 1. The number of fused-ring (bicyclic) bond motifs is 11. The summed E-state index contributed by atoms with van der Waals surface area (Å²) in [5, 5.41) is 55.6. The summed E-state index contributed by atoms with van der Waals surface area (Å²) in [6.45, 7) is 2.84. The Balaban J connectivity index is 0.767. The molecular weight excluding hydrogens is 1300 g/mol. The van der Waals surface area contributed by atoms with Crippen molar-refractivity contribution in [3.05, 3.63) is 253 Å². The van der Waals surface area contributed by atoms with Crippen LogP contribution in [0.1, 0.15) is 196 Å². The normalized spacial score (nSPS) is 35.7. The number of hydrogen-bond donors (Lipinski definition) is 8. The Kier molecular flexibility index (Phi) is 15.6. The average Bonchev–Trinajstić information content (AvgIpc) is 1.54. The molecule has 0 aromatic heterocycles. The van der Waals surface area contributed by atoms with Crippen molar-refractivity contribution in [1.29, 1.82) is 0 Å². The third-order valence-electron chi connectivity index (χ3n) is 27.9. The molecule has 10 N–H and O–H groups in total. The molecule has 3 fully saturated rings. The number of allylic oxidation sites excluding steroid dienone is 4. The summed E-state index contributed by atoms with van der Waals surface area (Å²) in [7, 11) is -2.72. The standard InChI is InChI=1S/C89H92N4O9S/c1-48-14-15-53-39-63-23-26-65(53)71(48)45-80(103(98,99)100)73-42-59-37-58(40-64-34-50(47-94)10-6-11-52-38-62(95)22-25-67(52)85(59)101-64)81(73)51-16-20-61(21-17-51)89(102-63,93-86(90)91)78-44-55-19-29-75-69(28-30-74(55)88(75,97)77(78)35-49-8-4-3-5-9-49)68-27-31-76-82-57(18-24-70(68)82)41-72-60(46-92-2)36-56-12-7-13-66-54-32-33-87(76,96)79(43-54)84(72)83(56)66/h3-5,7-9,12-13,16-27,29,31-33,36,38-39,42,48,50,54-55,57-58,64,69,71,73-75,77-81,85,92,94-97H,10,14-15,28,30,34-35,37,40-41,43-47H2,1-2H3,(H4,90,91,93)(H,98,99,100). The van der Waals surface area contributed by atoms with Crippen LogP contribution in [0.5, 0.6) is 11.5 Å². The number of nitrogens with zero attached hydrogens (tertiary/aromatic N) is 1. The van der Waals surface area contributed by atoms with Crippen molar-refractivity contribution in [2.75, 3.05) is 13.7 Å². The Labute approximate surface area is 604 Å². The second-order valence-electron chi connectivity index (χ2n) is 33.0. The number of phenolic OH excluding ortho intramolecular Hbond substituents is 1. The summed E-state index contributed by atoms with van der Waals surface area (Å²) in [4.78, 5) is 5.52. The predicted octanol–water partition coefficient (Wildman–Crippen LogP) is 14.3. The molecule has 13 nitrogen and oxygen atoms in total. The predicted molar refractivity (Wildman–Crippen MR) is 401 cm³/mol. The summed E-state index contributed by atoms with van der Waals surface area (Å²) < 4.78 is 56.8. The van der Waals surface area contributed by atoms with Crippen molar-refractivity contribution in [3.63, 3.8) is 0 Å². The highest BCUT2D eigenvalue weighted by Gasteiger charge is 2.67. The topological polar surface area (TPSA) is 230 Å². The van der Waals surface area contributed by atoms with E-state index < -0.39 is 62.1 Å². The maximum atomic E-state index is 15.2. The van der Waals surface area contributed by atoms with Gasteiger partial charge < -0.3 is 46.7 Å². The van der Waals surface area contributed by atoms with Crippen LogP contribution in [0.3, 0.4) is 0 Å². The fraction of sp³-hybridized carbons (Fsp3) is 0.427. The molecule has 5 heterocycles. The highest BCUT2D eigenvalue weighted by molar-refractivity contribution is 7.86. The summed E-state index contributed by atoms with van der Waals surface area (Å²) >= 11 is 0. The quantitative estimate of drug-likeness (QED) is 0.0222. The van der Waals surface area contributed by atoms with Crippen molar-refractivity contribution in [3.8, 4) is 23.3 Å². The Morgan fingerprint density at radius 3 is 2.44 bits per heavy atom. The van der Waals surface area contributed by atoms with Crippen LogP contribution in [-0.4, -0.2) is 70.0 Å². The second-order valence-corrected chi connectivity index (χ2v) is 34.7. The van der Waals surface area contributed by atoms with Crippen LogP contribution in [0.25, 0.3) is 16.8 Å². The number of aryl methyl sites for hydroxylation is 1. The number of nitrogens with one attached hydrogen (secondary N) is 1. The molecular formula is C89H92N4O9S. The summed E-state index contributed by atoms with van der Waals surface area (Å²) in [5.74, 6) is 3.82. The minimum Gasteiger partial charge on any atom is -0.508 e. The first-order chi connectivity index (χ1) is 49.9. The number of phenols is 1. The van der Waals surface area contributed by atoms with Crippen LogP contribution in [-0.2, 0) is 52.0 Å². The monoisotopic (exact) mass is 1390 g/mol. The molecule has 16 bridgehead atoms. The van der Waals surface area contributed by atoms with E-state index in [4.69, 9.17) is 25.9 Å². The molecule has 5 aliphatic heterocycles. The number of nitrogens with two attached hydrogens (primary N) is 2. The Morgan fingerprint density at radius 1 is 0.786 bits per heavy atom. The van der Waals surface area contributed by atoms with E-state index in [9.17, 15) is 28.3 Å². The minimum atomic E-state index is -4.75. The maximum Gasteiger partial charge on any atom is 0.268 e. The van der Waals surface area contributed by atoms with Crippen molar-refractivity contribution in [2.45, 2.75) is 167 Å². The van der Waals surface area contributed by atoms with Gasteiger partial charge >= 0.3 is 0 Å². The number of aliphatic hydroxyl groups is 3. The maximum absolute atomic E-state index is 15.2. The van der Waals surface area contributed by atoms with Crippen LogP contribution in [0, 0.1) is 65.1 Å². The van der Waals surface area contributed by atoms with Gasteiger partial charge in [0.1, 0.15) is 23.2 Å². The third kappa shape index (κ3) is 10.3. The SMILES string of the molecule is CNCc1cc2cccc3c2c2c1CC1C=Cc4c(C5CCC6C7C=CC5C6(O)C(Cc5ccccc5)C(C5(N=C(N)N)Oc6ccc8c(c6)CCC(C)C8CC(S(=O)(=O)O)C6C=C8CC(CC9CC(CO)CC#Cc%10cc(O)ccc%10C8O9)C6c6ccc5cc6)C7)ccc(c41)C1(O)C=CC3CC21. The first-order valence-corrected chi connectivity index (χ1v) is 39.6. The fourth-order valence-corrected chi connectivity index (χ4v) is 24.7. The van der Waals surface area contributed by atoms with Gasteiger partial charge in [0.15, 0.2) is 5.96 Å². The van der Waals surface area contributed by atoms with Crippen LogP contribution in [0.2, 0.25) is 0 Å². The second kappa shape index (κ2) is 24.5. The van der Waals surface area contributed by atoms with Crippen LogP contribution in [0.4, 0.5) is 0 Å². The lowest BCUT2D eigenvalue weighted by atomic mass is 9.44. The van der Waals surface area contributed by atoms with Gasteiger partial charge in [0.2, 0.25) is 5.72 Å². The minimum absolute atomic E-state index is 0.0201. The first-order valence-electron chi connectivity index (χ1n) is 38.1. The van der Waals surface area contributed by atoms with Gasteiger partial charge in [-0.25, -0.2) is 4.99 Å². The van der Waals surface area contributed by atoms with E-state index in [1.807, 2.05) is 25.2 Å². The number of ether oxygens (including phenoxy) is 2. The molecule has 21 unspecified atom stereocenters. The van der Waals surface area contributed by atoms with Gasteiger partial charge in [-0.1, -0.05) is 158 Å². The van der Waals surface area contributed by atoms with Crippen molar-refractivity contribution < 1.29 is 42.9 Å². The number of aliphatic hydroxyl groups excluding tert-OH is 1. The molecule has 0 amide bonds. The molecule has 21 rings (SSSR count). The van der Waals surface area contributed by atoms with E-state index in [0.717, 1.165) is 77.6 Å². The molecule has 0 spiro atoms. The molecule has 0 radical (unpaired) electrons. The Bertz CT molecular complexity index is 4990. The van der Waals surface area contributed by atoms with Crippen LogP contribution >= 0.6 is 0 Å². The van der Waals surface area contributed by atoms with E-state index in [1.165, 1.54) is 49.7 Å². The molecule has 103 heavy (non-hydrogen) atoms. The van der Waals surface area contributed by atoms with Gasteiger partial charge in [-0.3, -0.25) is 4.55 Å². The number of benzene rings is 7. The third-order valence-corrected chi connectivity index (χ3v) is 29.2. The van der Waals surface area contributed by atoms with Gasteiger partial charge in [-0.15, -0.1) is 0 Å². The zero-order valence-electron chi connectivity index (χ0n) is 58.5. The smallest absolute Gasteiger partial charge is 0.268 e. The van der Waals surface area contributed by atoms with Crippen molar-refractivity contribution >= 4 is 32.9 Å². The van der Waals surface area contributed by atoms with Gasteiger partial charge in [0.25, 0.3) is 10.1 Å². The molecule has 7 aromatic carbocycles. The lowest BCUT2D eigenvalue weighted by Crippen LogP contribution is -2.67. The van der Waals surface area contributed by atoms with E-state index in [1.54, 1.807) is 12.1 Å². The highest BCUT2D eigenvalue weighted by atomic mass is 32.2. The van der Waals surface area contributed by atoms with E-state index in [-0.39, 0.29) is 95.9 Å². The zero-order chi connectivity index (χ0) is 70.2. The van der Waals surface area contributed by atoms with E-state index >= 15 is 5.11 Å². The van der Waals surface area contributed by atoms with Crippen LogP contribution < -0.4 is 21.5 Å². The average molecular weight is 1390 g/mol. The summed E-state index contributed by atoms with van der Waals surface area (Å²) in [6, 6.07) is 44.0. The molecule has 1 saturated heterocycles. The molecule has 9 aliphatic carbocycles. The number of rotatable bonds is 9. The lowest BCUT2D eigenvalue weighted by Gasteiger charge is -2.63. The Morgan fingerprint density at radius 2 is 1.62 bits per heavy atom. The largest absolute Gasteiger partial charge is 0.508 e. The van der Waals surface area contributed by atoms with Crippen molar-refractivity contribution in [2.24, 2.45) is 69.7 Å². The number of guanidine groups is 1. The van der Waals surface area contributed by atoms with Gasteiger partial charge in [-0.05, 0) is 245 Å². The number of hydrogen-bond acceptors (Lipinski definition) is 10. The molecule has 14 heteroatoms. The first kappa shape index (κ1) is 65.6. The van der Waals surface area contributed by atoms with E-state index in [0.29, 0.717) is 61.8 Å². The van der Waals surface area contributed by atoms with Gasteiger partial charge in [0.05, 0.1) is 17.0 Å². The highest BCUT2D eigenvalue weighted by Crippen LogP contribution is 2.67. The van der Waals surface area contributed by atoms with Gasteiger partial charge in [-0.2, -0.15) is 8.42 Å². The molecule has 2 saturated carbocycles. The number of aliphatic imine (C=N–C) groups is 1. The zero-order valence-corrected chi connectivity index (χ0v) is 59.4.